The van der Waals surface area contributed by atoms with Crippen molar-refractivity contribution in [2.45, 2.75) is 82.5 Å². The fourth-order valence-corrected chi connectivity index (χ4v) is 13.7. The molecule has 1 aromatic heterocycles. The maximum atomic E-state index is 6.81. The highest BCUT2D eigenvalue weighted by Crippen LogP contribution is 2.89. The molecule has 4 fully saturated rings. The van der Waals surface area contributed by atoms with Gasteiger partial charge in [-0.25, -0.2) is 0 Å². The van der Waals surface area contributed by atoms with E-state index in [0.29, 0.717) is 5.41 Å². The Balaban J connectivity index is 1.13. The van der Waals surface area contributed by atoms with Crippen molar-refractivity contribution in [2.24, 2.45) is 29.1 Å². The van der Waals surface area contributed by atoms with E-state index in [1.165, 1.54) is 82.9 Å². The summed E-state index contributed by atoms with van der Waals surface area (Å²) < 4.78 is 6.81. The SMILES string of the molecule is CC1(C)CCC(C)(C)c2c(N(c3ccc4c(c3)-c3ccccc3C43C4CC5CC6CC3C64C5)c3cccc4c3oc3ccccc34)cccc21. The number of anilines is 3. The molecule has 2 heteroatoms. The van der Waals surface area contributed by atoms with Gasteiger partial charge in [0.25, 0.3) is 0 Å². The molecule has 0 radical (unpaired) electrons. The summed E-state index contributed by atoms with van der Waals surface area (Å²) in [6.07, 6.45) is 8.24. The minimum Gasteiger partial charge on any atom is -0.454 e. The van der Waals surface area contributed by atoms with Crippen LogP contribution in [-0.2, 0) is 16.2 Å². The van der Waals surface area contributed by atoms with Gasteiger partial charge < -0.3 is 9.32 Å². The van der Waals surface area contributed by atoms with Crippen LogP contribution in [-0.4, -0.2) is 0 Å². The van der Waals surface area contributed by atoms with Crippen LogP contribution in [0.4, 0.5) is 17.1 Å². The molecule has 6 aromatic rings. The van der Waals surface area contributed by atoms with Gasteiger partial charge in [0.2, 0.25) is 0 Å². The number of hydrogen-bond donors (Lipinski definition) is 0. The minimum absolute atomic E-state index is 0.0393. The predicted molar refractivity (Wildman–Crippen MR) is 205 cm³/mol. The monoisotopic (exact) mass is 651 g/mol. The van der Waals surface area contributed by atoms with Crippen molar-refractivity contribution in [1.29, 1.82) is 0 Å². The van der Waals surface area contributed by atoms with Gasteiger partial charge in [0.15, 0.2) is 5.58 Å². The lowest BCUT2D eigenvalue weighted by Gasteiger charge is -2.76. The van der Waals surface area contributed by atoms with Crippen molar-refractivity contribution >= 4 is 39.0 Å². The van der Waals surface area contributed by atoms with Crippen LogP contribution in [0.3, 0.4) is 0 Å². The van der Waals surface area contributed by atoms with Gasteiger partial charge in [-0.3, -0.25) is 0 Å². The average molecular weight is 652 g/mol. The van der Waals surface area contributed by atoms with Gasteiger partial charge in [0, 0.05) is 21.9 Å². The van der Waals surface area contributed by atoms with E-state index >= 15 is 0 Å². The summed E-state index contributed by atoms with van der Waals surface area (Å²) in [6.45, 7) is 9.79. The summed E-state index contributed by atoms with van der Waals surface area (Å²) in [6, 6.07) is 39.5. The molecule has 6 atom stereocenters. The molecule has 6 aliphatic rings. The van der Waals surface area contributed by atoms with Crippen LogP contribution in [0, 0.1) is 29.1 Å². The zero-order valence-corrected chi connectivity index (χ0v) is 29.7. The van der Waals surface area contributed by atoms with E-state index in [1.807, 2.05) is 0 Å². The zero-order chi connectivity index (χ0) is 33.4. The minimum atomic E-state index is 0.0393. The highest BCUT2D eigenvalue weighted by atomic mass is 16.3. The number of hydrogen-bond acceptors (Lipinski definition) is 2. The molecule has 1 heterocycles. The smallest absolute Gasteiger partial charge is 0.159 e. The lowest BCUT2D eigenvalue weighted by atomic mass is 9.27. The van der Waals surface area contributed by atoms with Gasteiger partial charge in [0.05, 0.1) is 11.4 Å². The van der Waals surface area contributed by atoms with Gasteiger partial charge in [-0.05, 0) is 142 Å². The molecule has 248 valence electrons. The Bertz CT molecular complexity index is 2460. The second kappa shape index (κ2) is 8.94. The summed E-state index contributed by atoms with van der Waals surface area (Å²) in [5.74, 6) is 3.58. The third-order valence-electron chi connectivity index (χ3n) is 15.6. The molecule has 2 spiro atoms. The summed E-state index contributed by atoms with van der Waals surface area (Å²) in [7, 11) is 0. The number of furan rings is 1. The molecule has 5 aromatic carbocycles. The van der Waals surface area contributed by atoms with Crippen molar-refractivity contribution < 1.29 is 4.42 Å². The predicted octanol–water partition coefficient (Wildman–Crippen LogP) is 12.7. The van der Waals surface area contributed by atoms with E-state index in [0.717, 1.165) is 40.5 Å². The second-order valence-corrected chi connectivity index (χ2v) is 18.4. The molecule has 6 unspecified atom stereocenters. The number of para-hydroxylation sites is 2. The summed E-state index contributed by atoms with van der Waals surface area (Å²) in [5, 5.41) is 2.35. The molecule has 4 saturated carbocycles. The van der Waals surface area contributed by atoms with E-state index in [9.17, 15) is 0 Å². The molecule has 0 N–H and O–H groups in total. The van der Waals surface area contributed by atoms with Crippen LogP contribution in [0.15, 0.2) is 108 Å². The number of fused-ring (bicyclic) bond motifs is 12. The third-order valence-corrected chi connectivity index (χ3v) is 15.6. The molecular weight excluding hydrogens is 607 g/mol. The molecule has 12 rings (SSSR count). The van der Waals surface area contributed by atoms with Gasteiger partial charge in [-0.2, -0.15) is 0 Å². The van der Waals surface area contributed by atoms with Gasteiger partial charge in [-0.15, -0.1) is 0 Å². The van der Waals surface area contributed by atoms with Crippen molar-refractivity contribution in [3.8, 4) is 11.1 Å². The number of nitrogens with zero attached hydrogens (tertiary/aromatic N) is 1. The summed E-state index contributed by atoms with van der Waals surface area (Å²) in [4.78, 5) is 2.57. The highest BCUT2D eigenvalue weighted by Gasteiger charge is 2.84. The van der Waals surface area contributed by atoms with Crippen molar-refractivity contribution in [1.82, 2.24) is 0 Å². The van der Waals surface area contributed by atoms with Gasteiger partial charge in [0.1, 0.15) is 5.58 Å². The summed E-state index contributed by atoms with van der Waals surface area (Å²) >= 11 is 0. The van der Waals surface area contributed by atoms with E-state index in [1.54, 1.807) is 11.1 Å². The Kier molecular flexibility index (Phi) is 5.08. The largest absolute Gasteiger partial charge is 0.454 e. The van der Waals surface area contributed by atoms with Crippen LogP contribution in [0.25, 0.3) is 33.1 Å². The Hall–Kier alpha value is -4.30. The van der Waals surface area contributed by atoms with E-state index in [4.69, 9.17) is 4.42 Å². The van der Waals surface area contributed by atoms with Gasteiger partial charge >= 0.3 is 0 Å². The van der Waals surface area contributed by atoms with E-state index in [2.05, 4.69) is 136 Å². The van der Waals surface area contributed by atoms with E-state index < -0.39 is 0 Å². The van der Waals surface area contributed by atoms with Crippen molar-refractivity contribution in [3.63, 3.8) is 0 Å². The van der Waals surface area contributed by atoms with Crippen LogP contribution in [0.2, 0.25) is 0 Å². The lowest BCUT2D eigenvalue weighted by molar-refractivity contribution is -0.231. The molecular formula is C48H45NO. The van der Waals surface area contributed by atoms with Crippen LogP contribution < -0.4 is 4.90 Å². The zero-order valence-electron chi connectivity index (χ0n) is 29.7. The Morgan fingerprint density at radius 2 is 1.34 bits per heavy atom. The van der Waals surface area contributed by atoms with Crippen LogP contribution >= 0.6 is 0 Å². The second-order valence-electron chi connectivity index (χ2n) is 18.4. The molecule has 2 bridgehead atoms. The maximum Gasteiger partial charge on any atom is 0.159 e. The molecule has 6 aliphatic carbocycles. The first kappa shape index (κ1) is 28.4. The fraction of sp³-hybridized carbons (Fsp3) is 0.375. The first-order valence-corrected chi connectivity index (χ1v) is 19.3. The molecule has 0 saturated heterocycles. The maximum absolute atomic E-state index is 6.81. The molecule has 2 nitrogen and oxygen atoms in total. The first-order chi connectivity index (χ1) is 24.2. The Morgan fingerprint density at radius 3 is 2.24 bits per heavy atom. The Labute approximate surface area is 295 Å². The topological polar surface area (TPSA) is 16.4 Å². The fourth-order valence-electron chi connectivity index (χ4n) is 13.7. The average Bonchev–Trinajstić information content (AvgIpc) is 3.85. The molecule has 50 heavy (non-hydrogen) atoms. The molecule has 0 aliphatic heterocycles. The Morgan fingerprint density at radius 1 is 0.620 bits per heavy atom. The van der Waals surface area contributed by atoms with Crippen molar-refractivity contribution in [2.75, 3.05) is 4.90 Å². The molecule has 0 amide bonds. The van der Waals surface area contributed by atoms with E-state index in [-0.39, 0.29) is 16.2 Å². The van der Waals surface area contributed by atoms with Crippen LogP contribution in [0.5, 0.6) is 0 Å². The quantitative estimate of drug-likeness (QED) is 0.189. The van der Waals surface area contributed by atoms with Gasteiger partial charge in [-0.1, -0.05) is 100 Å². The lowest BCUT2D eigenvalue weighted by Crippen LogP contribution is -2.73. The number of benzene rings is 5. The normalized spacial score (nSPS) is 31.2. The highest BCUT2D eigenvalue weighted by molar-refractivity contribution is 6.10. The van der Waals surface area contributed by atoms with Crippen molar-refractivity contribution in [3.05, 3.63) is 125 Å². The summed E-state index contributed by atoms with van der Waals surface area (Å²) in [5.41, 5.74) is 15.7. The van der Waals surface area contributed by atoms with Crippen LogP contribution in [0.1, 0.15) is 88.5 Å². The first-order valence-electron chi connectivity index (χ1n) is 19.3. The third kappa shape index (κ3) is 3.09. The standard InChI is InChI=1S/C48H45NO/c1-45(2)21-22-46(3,4)43-37(45)15-10-16-38(43)49(39-17-9-13-33-32-12-6-8-18-40(32)50-44(33)39)30-19-20-36-34(26-30)31-11-5-7-14-35(31)48(36)41-24-28-23-29-25-42(48)47(29,41)27-28/h5-20,26,28-29,41-42H,21-25,27H2,1-4H3. The number of rotatable bonds is 3.